The van der Waals surface area contributed by atoms with Crippen LogP contribution in [0.2, 0.25) is 5.02 Å². The monoisotopic (exact) mass is 357 g/mol. The molecule has 4 nitrogen and oxygen atoms in total. The third-order valence-corrected chi connectivity index (χ3v) is 4.80. The quantitative estimate of drug-likeness (QED) is 0.774. The lowest BCUT2D eigenvalue weighted by Crippen LogP contribution is -2.42. The molecule has 1 amide bonds. The molecule has 3 rings (SSSR count). The summed E-state index contributed by atoms with van der Waals surface area (Å²) in [6, 6.07) is 14.0. The van der Waals surface area contributed by atoms with Gasteiger partial charge in [-0.05, 0) is 61.4 Å². The van der Waals surface area contributed by atoms with E-state index in [9.17, 15) is 9.59 Å². The number of methoxy groups -OCH3 is 1. The summed E-state index contributed by atoms with van der Waals surface area (Å²) in [5, 5.41) is 0.600. The van der Waals surface area contributed by atoms with Gasteiger partial charge in [-0.15, -0.1) is 0 Å². The molecule has 0 radical (unpaired) electrons. The summed E-state index contributed by atoms with van der Waals surface area (Å²) in [4.78, 5) is 27.2. The summed E-state index contributed by atoms with van der Waals surface area (Å²) in [6.45, 7) is 1.13. The van der Waals surface area contributed by atoms with E-state index in [1.807, 2.05) is 0 Å². The van der Waals surface area contributed by atoms with E-state index >= 15 is 0 Å². The zero-order valence-electron chi connectivity index (χ0n) is 14.1. The average Bonchev–Trinajstić information content (AvgIpc) is 2.67. The Kier molecular flexibility index (Phi) is 5.39. The van der Waals surface area contributed by atoms with Crippen LogP contribution >= 0.6 is 11.6 Å². The molecule has 0 saturated carbocycles. The van der Waals surface area contributed by atoms with Gasteiger partial charge in [-0.1, -0.05) is 11.6 Å². The van der Waals surface area contributed by atoms with Gasteiger partial charge in [-0.25, -0.2) is 0 Å². The van der Waals surface area contributed by atoms with Crippen LogP contribution in [0.1, 0.15) is 33.6 Å². The molecule has 1 unspecified atom stereocenters. The Hall–Kier alpha value is -2.33. The molecule has 1 saturated heterocycles. The van der Waals surface area contributed by atoms with Crippen LogP contribution in [0, 0.1) is 5.92 Å². The first-order valence-corrected chi connectivity index (χ1v) is 8.69. The number of nitrogens with zero attached hydrogens (tertiary/aromatic N) is 1. The molecule has 130 valence electrons. The molecule has 25 heavy (non-hydrogen) atoms. The van der Waals surface area contributed by atoms with Crippen molar-refractivity contribution in [1.82, 2.24) is 4.90 Å². The topological polar surface area (TPSA) is 46.6 Å². The first kappa shape index (κ1) is 17.5. The smallest absolute Gasteiger partial charge is 0.253 e. The van der Waals surface area contributed by atoms with Gasteiger partial charge < -0.3 is 9.64 Å². The van der Waals surface area contributed by atoms with Gasteiger partial charge in [0.1, 0.15) is 5.75 Å². The van der Waals surface area contributed by atoms with Crippen LogP contribution in [0.15, 0.2) is 48.5 Å². The van der Waals surface area contributed by atoms with E-state index in [1.54, 1.807) is 60.5 Å². The number of amides is 1. The lowest BCUT2D eigenvalue weighted by molar-refractivity contribution is 0.0637. The SMILES string of the molecule is COc1ccc(C(=O)C2CCCN(C(=O)c3ccc(Cl)cc3)C2)cc1. The lowest BCUT2D eigenvalue weighted by atomic mass is 9.89. The van der Waals surface area contributed by atoms with Crippen LogP contribution in [0.3, 0.4) is 0 Å². The molecule has 0 aromatic heterocycles. The highest BCUT2D eigenvalue weighted by atomic mass is 35.5. The van der Waals surface area contributed by atoms with E-state index in [1.165, 1.54) is 0 Å². The molecule has 2 aromatic rings. The van der Waals surface area contributed by atoms with E-state index in [2.05, 4.69) is 0 Å². The number of halogens is 1. The summed E-state index contributed by atoms with van der Waals surface area (Å²) < 4.78 is 5.13. The fraction of sp³-hybridized carbons (Fsp3) is 0.300. The number of ketones is 1. The Balaban J connectivity index is 1.70. The second-order valence-electron chi connectivity index (χ2n) is 6.19. The number of ether oxygens (including phenoxy) is 1. The third-order valence-electron chi connectivity index (χ3n) is 4.55. The van der Waals surface area contributed by atoms with E-state index in [0.29, 0.717) is 29.2 Å². The van der Waals surface area contributed by atoms with Gasteiger partial charge in [-0.3, -0.25) is 9.59 Å². The van der Waals surface area contributed by atoms with Crippen LogP contribution < -0.4 is 4.74 Å². The third kappa shape index (κ3) is 4.02. The summed E-state index contributed by atoms with van der Waals surface area (Å²) in [5.74, 6) is 0.582. The molecule has 5 heteroatoms. The number of hydrogen-bond donors (Lipinski definition) is 0. The second-order valence-corrected chi connectivity index (χ2v) is 6.63. The fourth-order valence-electron chi connectivity index (χ4n) is 3.14. The van der Waals surface area contributed by atoms with Crippen molar-refractivity contribution in [2.45, 2.75) is 12.8 Å². The van der Waals surface area contributed by atoms with Gasteiger partial charge in [0.25, 0.3) is 5.91 Å². The Morgan fingerprint density at radius 1 is 1.04 bits per heavy atom. The van der Waals surface area contributed by atoms with Crippen molar-refractivity contribution >= 4 is 23.3 Å². The van der Waals surface area contributed by atoms with E-state index in [0.717, 1.165) is 18.6 Å². The minimum Gasteiger partial charge on any atom is -0.497 e. The van der Waals surface area contributed by atoms with E-state index < -0.39 is 0 Å². The number of hydrogen-bond acceptors (Lipinski definition) is 3. The minimum absolute atomic E-state index is 0.0519. The molecule has 1 heterocycles. The molecular weight excluding hydrogens is 338 g/mol. The predicted octanol–water partition coefficient (Wildman–Crippen LogP) is 4.08. The van der Waals surface area contributed by atoms with Crippen LogP contribution in [0.4, 0.5) is 0 Å². The summed E-state index contributed by atoms with van der Waals surface area (Å²) in [5.41, 5.74) is 1.26. The predicted molar refractivity (Wildman–Crippen MR) is 97.4 cm³/mol. The van der Waals surface area contributed by atoms with Crippen molar-refractivity contribution in [1.29, 1.82) is 0 Å². The minimum atomic E-state index is -0.168. The summed E-state index contributed by atoms with van der Waals surface area (Å²) in [6.07, 6.45) is 1.63. The maximum Gasteiger partial charge on any atom is 0.253 e. The number of Topliss-reactive ketones (excluding diaryl/α,β-unsaturated/α-hetero) is 1. The Labute approximate surface area is 152 Å². The Bertz CT molecular complexity index is 756. The normalized spacial score (nSPS) is 17.2. The highest BCUT2D eigenvalue weighted by Crippen LogP contribution is 2.24. The number of carbonyl (C=O) groups is 2. The van der Waals surface area contributed by atoms with Gasteiger partial charge in [0.2, 0.25) is 0 Å². The van der Waals surface area contributed by atoms with Gasteiger partial charge in [0.05, 0.1) is 7.11 Å². The first-order chi connectivity index (χ1) is 12.1. The molecule has 1 aliphatic rings. The van der Waals surface area contributed by atoms with Gasteiger partial charge >= 0.3 is 0 Å². The highest BCUT2D eigenvalue weighted by molar-refractivity contribution is 6.30. The Morgan fingerprint density at radius 3 is 2.32 bits per heavy atom. The van der Waals surface area contributed by atoms with Crippen molar-refractivity contribution in [3.8, 4) is 5.75 Å². The molecule has 0 aliphatic carbocycles. The molecule has 0 N–H and O–H groups in total. The molecule has 0 spiro atoms. The lowest BCUT2D eigenvalue weighted by Gasteiger charge is -2.32. The van der Waals surface area contributed by atoms with Crippen LogP contribution in [0.5, 0.6) is 5.75 Å². The molecule has 1 fully saturated rings. The number of likely N-dealkylation sites (tertiary alicyclic amines) is 1. The molecular formula is C20H20ClNO3. The summed E-state index contributed by atoms with van der Waals surface area (Å²) in [7, 11) is 1.60. The average molecular weight is 358 g/mol. The standard InChI is InChI=1S/C20H20ClNO3/c1-25-18-10-6-14(7-11-18)19(23)16-3-2-12-22(13-16)20(24)15-4-8-17(21)9-5-15/h4-11,16H,2-3,12-13H2,1H3. The number of piperidine rings is 1. The number of benzene rings is 2. The van der Waals surface area contributed by atoms with Crippen molar-refractivity contribution in [2.75, 3.05) is 20.2 Å². The molecule has 2 aromatic carbocycles. The second kappa shape index (κ2) is 7.70. The van der Waals surface area contributed by atoms with Crippen molar-refractivity contribution in [3.63, 3.8) is 0 Å². The number of carbonyl (C=O) groups excluding carboxylic acids is 2. The van der Waals surface area contributed by atoms with Crippen LogP contribution in [0.25, 0.3) is 0 Å². The van der Waals surface area contributed by atoms with Crippen molar-refractivity contribution in [3.05, 3.63) is 64.7 Å². The maximum atomic E-state index is 12.8. The zero-order chi connectivity index (χ0) is 17.8. The zero-order valence-corrected chi connectivity index (χ0v) is 14.8. The Morgan fingerprint density at radius 2 is 1.68 bits per heavy atom. The van der Waals surface area contributed by atoms with E-state index in [4.69, 9.17) is 16.3 Å². The van der Waals surface area contributed by atoms with Crippen LogP contribution in [-0.2, 0) is 0 Å². The maximum absolute atomic E-state index is 12.8. The van der Waals surface area contributed by atoms with Gasteiger partial charge in [0, 0.05) is 35.2 Å². The molecule has 1 atom stereocenters. The number of rotatable bonds is 4. The highest BCUT2D eigenvalue weighted by Gasteiger charge is 2.29. The van der Waals surface area contributed by atoms with Crippen LogP contribution in [-0.4, -0.2) is 36.8 Å². The van der Waals surface area contributed by atoms with Crippen molar-refractivity contribution < 1.29 is 14.3 Å². The fourth-order valence-corrected chi connectivity index (χ4v) is 3.27. The van der Waals surface area contributed by atoms with E-state index in [-0.39, 0.29) is 17.6 Å². The largest absolute Gasteiger partial charge is 0.497 e. The summed E-state index contributed by atoms with van der Waals surface area (Å²) >= 11 is 5.88. The molecule has 1 aliphatic heterocycles. The van der Waals surface area contributed by atoms with Crippen molar-refractivity contribution in [2.24, 2.45) is 5.92 Å². The first-order valence-electron chi connectivity index (χ1n) is 8.31. The van der Waals surface area contributed by atoms with Gasteiger partial charge in [0.15, 0.2) is 5.78 Å². The van der Waals surface area contributed by atoms with Gasteiger partial charge in [-0.2, -0.15) is 0 Å². The molecule has 0 bridgehead atoms.